The van der Waals surface area contributed by atoms with Crippen LogP contribution in [0.2, 0.25) is 0 Å². The van der Waals surface area contributed by atoms with Crippen LogP contribution < -0.4 is 14.8 Å². The van der Waals surface area contributed by atoms with Crippen molar-refractivity contribution < 1.29 is 23.0 Å². The van der Waals surface area contributed by atoms with Crippen molar-refractivity contribution in [2.45, 2.75) is 17.9 Å². The second-order valence-corrected chi connectivity index (χ2v) is 6.31. The highest BCUT2D eigenvalue weighted by atomic mass is 32.2. The lowest BCUT2D eigenvalue weighted by atomic mass is 10.2. The summed E-state index contributed by atoms with van der Waals surface area (Å²) in [5.41, 5.74) is 0.917. The maximum Gasteiger partial charge on any atom is 0.231 e. The monoisotopic (exact) mass is 351 g/mol. The van der Waals surface area contributed by atoms with Gasteiger partial charge in [-0.3, -0.25) is 4.79 Å². The van der Waals surface area contributed by atoms with Crippen LogP contribution in [0, 0.1) is 11.6 Å². The molecule has 1 heterocycles. The molecule has 24 heavy (non-hydrogen) atoms. The van der Waals surface area contributed by atoms with Gasteiger partial charge in [0.25, 0.3) is 0 Å². The van der Waals surface area contributed by atoms with Crippen molar-refractivity contribution in [1.29, 1.82) is 0 Å². The zero-order chi connectivity index (χ0) is 16.9. The van der Waals surface area contributed by atoms with E-state index in [0.29, 0.717) is 28.7 Å². The Kier molecular flexibility index (Phi) is 5.20. The van der Waals surface area contributed by atoms with E-state index in [1.165, 1.54) is 17.8 Å². The summed E-state index contributed by atoms with van der Waals surface area (Å²) < 4.78 is 36.4. The number of halogens is 2. The molecule has 0 saturated heterocycles. The van der Waals surface area contributed by atoms with Gasteiger partial charge in [-0.25, -0.2) is 8.78 Å². The van der Waals surface area contributed by atoms with Gasteiger partial charge in [0.1, 0.15) is 0 Å². The zero-order valence-electron chi connectivity index (χ0n) is 12.7. The van der Waals surface area contributed by atoms with Crippen molar-refractivity contribution in [1.82, 2.24) is 5.32 Å². The van der Waals surface area contributed by atoms with Gasteiger partial charge in [0.05, 0.1) is 0 Å². The van der Waals surface area contributed by atoms with Crippen LogP contribution in [0.3, 0.4) is 0 Å². The van der Waals surface area contributed by atoms with Crippen LogP contribution in [-0.2, 0) is 11.3 Å². The van der Waals surface area contributed by atoms with Gasteiger partial charge in [0.2, 0.25) is 12.7 Å². The molecule has 1 aliphatic heterocycles. The minimum absolute atomic E-state index is 0.109. The molecule has 0 aromatic heterocycles. The van der Waals surface area contributed by atoms with Crippen molar-refractivity contribution in [3.05, 3.63) is 53.6 Å². The molecule has 1 amide bonds. The molecule has 3 rings (SSSR count). The number of carbonyl (C=O) groups is 1. The van der Waals surface area contributed by atoms with Gasteiger partial charge in [-0.05, 0) is 35.9 Å². The Bertz CT molecular complexity index is 755. The predicted molar refractivity (Wildman–Crippen MR) is 86.1 cm³/mol. The van der Waals surface area contributed by atoms with Gasteiger partial charge in [-0.15, -0.1) is 11.8 Å². The standard InChI is InChI=1S/C17H15F2NO3S/c18-13-3-2-12(8-14(13)19)24-6-5-17(21)20-9-11-1-4-15-16(7-11)23-10-22-15/h1-4,7-8H,5-6,9-10H2,(H,20,21). The quantitative estimate of drug-likeness (QED) is 0.810. The summed E-state index contributed by atoms with van der Waals surface area (Å²) >= 11 is 1.31. The van der Waals surface area contributed by atoms with Gasteiger partial charge in [-0.2, -0.15) is 0 Å². The fourth-order valence-corrected chi connectivity index (χ4v) is 3.04. The van der Waals surface area contributed by atoms with Crippen molar-refractivity contribution in [3.8, 4) is 11.5 Å². The van der Waals surface area contributed by atoms with E-state index in [9.17, 15) is 13.6 Å². The topological polar surface area (TPSA) is 47.6 Å². The van der Waals surface area contributed by atoms with Crippen LogP contribution in [0.1, 0.15) is 12.0 Å². The number of fused-ring (bicyclic) bond motifs is 1. The second-order valence-electron chi connectivity index (χ2n) is 5.14. The number of hydrogen-bond acceptors (Lipinski definition) is 4. The van der Waals surface area contributed by atoms with Crippen LogP contribution in [0.15, 0.2) is 41.3 Å². The molecule has 0 spiro atoms. The molecule has 2 aromatic carbocycles. The van der Waals surface area contributed by atoms with E-state index in [4.69, 9.17) is 9.47 Å². The molecule has 126 valence electrons. The predicted octanol–water partition coefficient (Wildman–Crippen LogP) is 3.49. The number of hydrogen-bond donors (Lipinski definition) is 1. The number of benzene rings is 2. The number of thioether (sulfide) groups is 1. The summed E-state index contributed by atoms with van der Waals surface area (Å²) in [7, 11) is 0. The summed E-state index contributed by atoms with van der Waals surface area (Å²) in [6.45, 7) is 0.609. The highest BCUT2D eigenvalue weighted by molar-refractivity contribution is 7.99. The minimum Gasteiger partial charge on any atom is -0.454 e. The largest absolute Gasteiger partial charge is 0.454 e. The fraction of sp³-hybridized carbons (Fsp3) is 0.235. The molecule has 0 bridgehead atoms. The minimum atomic E-state index is -0.882. The smallest absolute Gasteiger partial charge is 0.231 e. The Balaban J connectivity index is 1.42. The first-order valence-corrected chi connectivity index (χ1v) is 8.33. The van der Waals surface area contributed by atoms with E-state index in [-0.39, 0.29) is 19.1 Å². The normalized spacial score (nSPS) is 12.2. The molecule has 4 nitrogen and oxygen atoms in total. The van der Waals surface area contributed by atoms with Crippen LogP contribution >= 0.6 is 11.8 Å². The van der Waals surface area contributed by atoms with E-state index in [1.807, 2.05) is 18.2 Å². The third kappa shape index (κ3) is 4.17. The molecular weight excluding hydrogens is 336 g/mol. The van der Waals surface area contributed by atoms with E-state index in [2.05, 4.69) is 5.32 Å². The third-order valence-electron chi connectivity index (χ3n) is 3.42. The second kappa shape index (κ2) is 7.53. The molecule has 0 aliphatic carbocycles. The lowest BCUT2D eigenvalue weighted by molar-refractivity contribution is -0.120. The van der Waals surface area contributed by atoms with Crippen LogP contribution in [0.25, 0.3) is 0 Å². The van der Waals surface area contributed by atoms with Gasteiger partial charge in [0.15, 0.2) is 23.1 Å². The number of carbonyl (C=O) groups excluding carboxylic acids is 1. The van der Waals surface area contributed by atoms with E-state index >= 15 is 0 Å². The van der Waals surface area contributed by atoms with Crippen LogP contribution in [-0.4, -0.2) is 18.5 Å². The number of rotatable bonds is 6. The van der Waals surface area contributed by atoms with Gasteiger partial charge >= 0.3 is 0 Å². The zero-order valence-corrected chi connectivity index (χ0v) is 13.5. The molecule has 0 saturated carbocycles. The molecule has 0 unspecified atom stereocenters. The van der Waals surface area contributed by atoms with Gasteiger partial charge < -0.3 is 14.8 Å². The molecule has 0 fully saturated rings. The maximum absolute atomic E-state index is 13.1. The average Bonchev–Trinajstić information content (AvgIpc) is 3.04. The lowest BCUT2D eigenvalue weighted by Gasteiger charge is -2.06. The van der Waals surface area contributed by atoms with Crippen molar-refractivity contribution in [2.24, 2.45) is 0 Å². The van der Waals surface area contributed by atoms with Crippen molar-refractivity contribution in [3.63, 3.8) is 0 Å². The third-order valence-corrected chi connectivity index (χ3v) is 4.41. The number of ether oxygens (including phenoxy) is 2. The Morgan fingerprint density at radius 3 is 2.75 bits per heavy atom. The molecule has 0 atom stereocenters. The Labute approximate surface area is 142 Å². The fourth-order valence-electron chi connectivity index (χ4n) is 2.17. The van der Waals surface area contributed by atoms with Crippen LogP contribution in [0.5, 0.6) is 11.5 Å². The highest BCUT2D eigenvalue weighted by Crippen LogP contribution is 2.32. The molecule has 7 heteroatoms. The molecule has 2 aromatic rings. The van der Waals surface area contributed by atoms with Gasteiger partial charge in [-0.1, -0.05) is 6.07 Å². The van der Waals surface area contributed by atoms with Crippen LogP contribution in [0.4, 0.5) is 8.78 Å². The molecular formula is C17H15F2NO3S. The average molecular weight is 351 g/mol. The Morgan fingerprint density at radius 2 is 1.92 bits per heavy atom. The molecule has 1 aliphatic rings. The summed E-state index contributed by atoms with van der Waals surface area (Å²) in [5.74, 6) is -0.00242. The van der Waals surface area contributed by atoms with E-state index in [0.717, 1.165) is 17.7 Å². The number of nitrogens with one attached hydrogen (secondary N) is 1. The summed E-state index contributed by atoms with van der Waals surface area (Å²) in [6, 6.07) is 9.21. The van der Waals surface area contributed by atoms with Crippen molar-refractivity contribution >= 4 is 17.7 Å². The first kappa shape index (κ1) is 16.6. The maximum atomic E-state index is 13.1. The lowest BCUT2D eigenvalue weighted by Crippen LogP contribution is -2.22. The first-order valence-electron chi connectivity index (χ1n) is 7.35. The van der Waals surface area contributed by atoms with Crippen molar-refractivity contribution in [2.75, 3.05) is 12.5 Å². The highest BCUT2D eigenvalue weighted by Gasteiger charge is 2.13. The first-order chi connectivity index (χ1) is 11.6. The SMILES string of the molecule is O=C(CCSc1ccc(F)c(F)c1)NCc1ccc2c(c1)OCO2. The van der Waals surface area contributed by atoms with Gasteiger partial charge in [0, 0.05) is 23.6 Å². The van der Waals surface area contributed by atoms with E-state index in [1.54, 1.807) is 0 Å². The molecule has 0 radical (unpaired) electrons. The summed E-state index contributed by atoms with van der Waals surface area (Å²) in [6.07, 6.45) is 0.286. The summed E-state index contributed by atoms with van der Waals surface area (Å²) in [4.78, 5) is 12.4. The summed E-state index contributed by atoms with van der Waals surface area (Å²) in [5, 5.41) is 2.81. The Morgan fingerprint density at radius 1 is 1.08 bits per heavy atom. The Hall–Kier alpha value is -2.28. The van der Waals surface area contributed by atoms with E-state index < -0.39 is 11.6 Å². The number of amides is 1. The molecule has 1 N–H and O–H groups in total.